The first-order valence-electron chi connectivity index (χ1n) is 12.9. The zero-order valence-electron chi connectivity index (χ0n) is 22.1. The van der Waals surface area contributed by atoms with Crippen LogP contribution in [-0.2, 0) is 19.7 Å². The van der Waals surface area contributed by atoms with Gasteiger partial charge in [0.15, 0.2) is 5.76 Å². The van der Waals surface area contributed by atoms with E-state index in [4.69, 9.17) is 25.6 Å². The van der Waals surface area contributed by atoms with Gasteiger partial charge in [0.1, 0.15) is 11.4 Å². The minimum atomic E-state index is -0.555. The maximum absolute atomic E-state index is 13.1. The summed E-state index contributed by atoms with van der Waals surface area (Å²) in [7, 11) is 0. The number of hydrogen-bond donors (Lipinski definition) is 0. The van der Waals surface area contributed by atoms with Gasteiger partial charge in [0.25, 0.3) is 0 Å². The van der Waals surface area contributed by atoms with Crippen LogP contribution in [0, 0.1) is 6.92 Å². The van der Waals surface area contributed by atoms with Crippen LogP contribution in [0.3, 0.4) is 0 Å². The van der Waals surface area contributed by atoms with Crippen molar-refractivity contribution < 1.29 is 23.6 Å². The van der Waals surface area contributed by atoms with Crippen molar-refractivity contribution in [2.45, 2.75) is 39.0 Å². The van der Waals surface area contributed by atoms with Crippen LogP contribution in [0.4, 0.5) is 16.2 Å². The van der Waals surface area contributed by atoms with Gasteiger partial charge in [-0.15, -0.1) is 0 Å². The summed E-state index contributed by atoms with van der Waals surface area (Å²) in [5, 5.41) is 4.64. The van der Waals surface area contributed by atoms with E-state index in [1.807, 2.05) is 55.5 Å². The van der Waals surface area contributed by atoms with E-state index < -0.39 is 11.5 Å². The average molecular weight is 545 g/mol. The predicted octanol–water partition coefficient (Wildman–Crippen LogP) is 7.86. The zero-order valence-corrected chi connectivity index (χ0v) is 22.8. The summed E-state index contributed by atoms with van der Waals surface area (Å²) in [6.07, 6.45) is 1.08. The van der Waals surface area contributed by atoms with Crippen molar-refractivity contribution in [2.24, 2.45) is 0 Å². The average Bonchev–Trinajstić information content (AvgIpc) is 3.68. The Morgan fingerprint density at radius 2 is 1.54 bits per heavy atom. The Balaban J connectivity index is 1.45. The molecule has 1 aromatic heterocycles. The molecule has 3 aromatic carbocycles. The highest BCUT2D eigenvalue weighted by atomic mass is 35.5. The Morgan fingerprint density at radius 3 is 2.13 bits per heavy atom. The number of anilines is 2. The highest BCUT2D eigenvalue weighted by Crippen LogP contribution is 2.49. The second-order valence-corrected chi connectivity index (χ2v) is 9.85. The summed E-state index contributed by atoms with van der Waals surface area (Å²) in [4.78, 5) is 26.9. The number of nitrogens with zero attached hydrogens (tertiary/aromatic N) is 2. The van der Waals surface area contributed by atoms with Crippen LogP contribution in [0.25, 0.3) is 22.5 Å². The van der Waals surface area contributed by atoms with Gasteiger partial charge in [0.05, 0.1) is 24.3 Å². The number of aromatic nitrogens is 1. The molecule has 0 atom stereocenters. The molecule has 0 spiro atoms. The zero-order chi connectivity index (χ0) is 27.6. The molecule has 8 heteroatoms. The largest absolute Gasteiger partial charge is 0.465 e. The van der Waals surface area contributed by atoms with Crippen LogP contribution >= 0.6 is 11.6 Å². The normalized spacial score (nSPS) is 13.5. The van der Waals surface area contributed by atoms with E-state index in [1.165, 1.54) is 4.90 Å². The minimum absolute atomic E-state index is 0.144. The number of benzene rings is 3. The van der Waals surface area contributed by atoms with Crippen molar-refractivity contribution >= 4 is 35.0 Å². The van der Waals surface area contributed by atoms with Gasteiger partial charge in [-0.3, -0.25) is 4.79 Å². The lowest BCUT2D eigenvalue weighted by Gasteiger charge is -2.22. The fourth-order valence-corrected chi connectivity index (χ4v) is 4.93. The van der Waals surface area contributed by atoms with E-state index >= 15 is 0 Å². The van der Waals surface area contributed by atoms with Gasteiger partial charge in [0.2, 0.25) is 0 Å². The highest BCUT2D eigenvalue weighted by molar-refractivity contribution is 6.31. The van der Waals surface area contributed by atoms with Crippen molar-refractivity contribution in [3.05, 3.63) is 89.1 Å². The van der Waals surface area contributed by atoms with Gasteiger partial charge >= 0.3 is 12.1 Å². The number of aryl methyl sites for hydroxylation is 1. The Labute approximate surface area is 232 Å². The summed E-state index contributed by atoms with van der Waals surface area (Å²) in [6.45, 7) is 5.95. The summed E-state index contributed by atoms with van der Waals surface area (Å²) in [5.41, 5.74) is 4.83. The van der Waals surface area contributed by atoms with E-state index in [9.17, 15) is 9.59 Å². The number of rotatable bonds is 8. The molecule has 0 radical (unpaired) electrons. The third kappa shape index (κ3) is 5.14. The van der Waals surface area contributed by atoms with Crippen LogP contribution in [-0.4, -0.2) is 30.4 Å². The summed E-state index contributed by atoms with van der Waals surface area (Å²) < 4.78 is 16.4. The van der Waals surface area contributed by atoms with E-state index in [0.717, 1.165) is 35.1 Å². The highest BCUT2D eigenvalue weighted by Gasteiger charge is 2.52. The fourth-order valence-electron chi connectivity index (χ4n) is 4.75. The smallest absolute Gasteiger partial charge is 0.419 e. The lowest BCUT2D eigenvalue weighted by Crippen LogP contribution is -2.27. The first-order valence-corrected chi connectivity index (χ1v) is 13.3. The van der Waals surface area contributed by atoms with E-state index in [2.05, 4.69) is 5.16 Å². The molecule has 1 aliphatic rings. The van der Waals surface area contributed by atoms with E-state index in [0.29, 0.717) is 34.5 Å². The first-order chi connectivity index (χ1) is 18.9. The maximum atomic E-state index is 13.1. The Bertz CT molecular complexity index is 1490. The number of halogens is 1. The molecule has 0 aliphatic heterocycles. The molecule has 7 nitrogen and oxygen atoms in total. The van der Waals surface area contributed by atoms with Gasteiger partial charge in [-0.25, -0.2) is 9.69 Å². The second kappa shape index (κ2) is 10.9. The number of ether oxygens (including phenoxy) is 2. The van der Waals surface area contributed by atoms with Gasteiger partial charge in [-0.1, -0.05) is 71.4 Å². The molecular formula is C31H29ClN2O5. The third-order valence-corrected chi connectivity index (χ3v) is 7.14. The molecule has 200 valence electrons. The number of esters is 1. The fraction of sp³-hybridized carbons (Fsp3) is 0.258. The van der Waals surface area contributed by atoms with Crippen molar-refractivity contribution in [3.63, 3.8) is 0 Å². The molecule has 1 amide bonds. The predicted molar refractivity (Wildman–Crippen MR) is 150 cm³/mol. The molecular weight excluding hydrogens is 516 g/mol. The monoisotopic (exact) mass is 544 g/mol. The van der Waals surface area contributed by atoms with Crippen LogP contribution in [0.5, 0.6) is 0 Å². The van der Waals surface area contributed by atoms with E-state index in [-0.39, 0.29) is 12.6 Å². The Morgan fingerprint density at radius 1 is 0.923 bits per heavy atom. The summed E-state index contributed by atoms with van der Waals surface area (Å²) in [6, 6.07) is 22.9. The molecule has 0 unspecified atom stereocenters. The molecule has 4 aromatic rings. The molecule has 5 rings (SSSR count). The van der Waals surface area contributed by atoms with Crippen LogP contribution in [0.15, 0.2) is 77.3 Å². The van der Waals surface area contributed by atoms with Gasteiger partial charge < -0.3 is 14.0 Å². The maximum Gasteiger partial charge on any atom is 0.419 e. The van der Waals surface area contributed by atoms with Gasteiger partial charge in [-0.2, -0.15) is 0 Å². The summed E-state index contributed by atoms with van der Waals surface area (Å²) in [5.74, 6) is 0.294. The molecule has 1 fully saturated rings. The molecule has 1 heterocycles. The molecule has 1 saturated carbocycles. The third-order valence-electron chi connectivity index (χ3n) is 6.91. The van der Waals surface area contributed by atoms with Crippen molar-refractivity contribution in [2.75, 3.05) is 18.1 Å². The lowest BCUT2D eigenvalue weighted by atomic mass is 9.93. The van der Waals surface area contributed by atoms with E-state index in [1.54, 1.807) is 38.1 Å². The molecule has 1 aliphatic carbocycles. The topological polar surface area (TPSA) is 81.9 Å². The van der Waals surface area contributed by atoms with Gasteiger partial charge in [-0.05, 0) is 68.5 Å². The molecule has 0 saturated heterocycles. The first kappa shape index (κ1) is 26.5. The van der Waals surface area contributed by atoms with Gasteiger partial charge in [0, 0.05) is 10.6 Å². The quantitative estimate of drug-likeness (QED) is 0.210. The van der Waals surface area contributed by atoms with Crippen molar-refractivity contribution in [1.82, 2.24) is 5.16 Å². The number of hydrogen-bond acceptors (Lipinski definition) is 6. The van der Waals surface area contributed by atoms with Crippen LogP contribution in [0.1, 0.15) is 37.9 Å². The SMILES string of the molecule is CCOC(=O)N(c1cccc(Cl)c1)c1c(C)noc1-c1ccc(-c2ccc(C3(C(=O)OCC)CC3)cc2)cc1. The number of carbonyl (C=O) groups is 2. The van der Waals surface area contributed by atoms with Crippen molar-refractivity contribution in [3.8, 4) is 22.5 Å². The molecule has 0 bridgehead atoms. The Kier molecular flexibility index (Phi) is 7.44. The number of carbonyl (C=O) groups excluding carboxylic acids is 2. The lowest BCUT2D eigenvalue weighted by molar-refractivity contribution is -0.146. The second-order valence-electron chi connectivity index (χ2n) is 9.42. The standard InChI is InChI=1S/C31H29ClN2O5/c1-4-37-29(35)31(17-18-31)24-15-13-22(14-16-24)21-9-11-23(12-10-21)28-27(20(3)33-39-28)34(30(36)38-5-2)26-8-6-7-25(32)19-26/h6-16,19H,4-5,17-18H2,1-3H3. The Hall–Kier alpha value is -4.10. The van der Waals surface area contributed by atoms with Crippen LogP contribution < -0.4 is 4.90 Å². The van der Waals surface area contributed by atoms with Crippen molar-refractivity contribution in [1.29, 1.82) is 0 Å². The summed E-state index contributed by atoms with van der Waals surface area (Å²) >= 11 is 6.23. The van der Waals surface area contributed by atoms with Crippen LogP contribution in [0.2, 0.25) is 5.02 Å². The molecule has 39 heavy (non-hydrogen) atoms. The minimum Gasteiger partial charge on any atom is -0.465 e. The number of amides is 1. The molecule has 0 N–H and O–H groups in total.